The second kappa shape index (κ2) is 5.59. The highest BCUT2D eigenvalue weighted by molar-refractivity contribution is 9.10. The van der Waals surface area contributed by atoms with Gasteiger partial charge in [-0.25, -0.2) is 8.42 Å². The van der Waals surface area contributed by atoms with Crippen LogP contribution in [0.25, 0.3) is 0 Å². The molecule has 0 bridgehead atoms. The Hall–Kier alpha value is -0.590. The van der Waals surface area contributed by atoms with Crippen LogP contribution < -0.4 is 10.0 Å². The van der Waals surface area contributed by atoms with E-state index in [0.717, 1.165) is 22.9 Å². The minimum atomic E-state index is -3.27. The van der Waals surface area contributed by atoms with Crippen molar-refractivity contribution in [2.45, 2.75) is 25.8 Å². The molecule has 0 aliphatic heterocycles. The third-order valence-electron chi connectivity index (χ3n) is 2.70. The van der Waals surface area contributed by atoms with Gasteiger partial charge in [0.25, 0.3) is 0 Å². The van der Waals surface area contributed by atoms with Crippen LogP contribution in [-0.2, 0) is 10.0 Å². The van der Waals surface area contributed by atoms with Crippen LogP contribution >= 0.6 is 15.9 Å². The Kier molecular flexibility index (Phi) is 4.29. The Morgan fingerprint density at radius 2 is 2.06 bits per heavy atom. The van der Waals surface area contributed by atoms with E-state index >= 15 is 0 Å². The van der Waals surface area contributed by atoms with Crippen LogP contribution in [0.15, 0.2) is 22.7 Å². The molecule has 0 unspecified atom stereocenters. The third-order valence-corrected chi connectivity index (χ3v) is 4.44. The molecular weight excluding hydrogens is 316 g/mol. The number of aryl methyl sites for hydroxylation is 1. The van der Waals surface area contributed by atoms with Crippen molar-refractivity contribution in [3.8, 4) is 0 Å². The Morgan fingerprint density at radius 3 is 2.67 bits per heavy atom. The highest BCUT2D eigenvalue weighted by Crippen LogP contribution is 2.20. The van der Waals surface area contributed by atoms with Gasteiger partial charge in [0.2, 0.25) is 10.0 Å². The van der Waals surface area contributed by atoms with E-state index in [0.29, 0.717) is 18.3 Å². The van der Waals surface area contributed by atoms with Crippen molar-refractivity contribution in [1.82, 2.24) is 5.32 Å². The number of hydrogen-bond acceptors (Lipinski definition) is 3. The maximum Gasteiger partial charge on any atom is 0.233 e. The highest BCUT2D eigenvalue weighted by atomic mass is 79.9. The summed E-state index contributed by atoms with van der Waals surface area (Å²) in [6.07, 6.45) is 2.33. The van der Waals surface area contributed by atoms with E-state index in [1.54, 1.807) is 6.07 Å². The van der Waals surface area contributed by atoms with Gasteiger partial charge in [-0.1, -0.05) is 15.9 Å². The van der Waals surface area contributed by atoms with E-state index in [9.17, 15) is 8.42 Å². The van der Waals surface area contributed by atoms with Gasteiger partial charge in [0.15, 0.2) is 0 Å². The first kappa shape index (κ1) is 13.8. The fourth-order valence-corrected chi connectivity index (χ4v) is 3.28. The zero-order valence-electron chi connectivity index (χ0n) is 10.2. The van der Waals surface area contributed by atoms with Gasteiger partial charge in [0.05, 0.1) is 5.75 Å². The second-order valence-electron chi connectivity index (χ2n) is 4.67. The van der Waals surface area contributed by atoms with Crippen LogP contribution in [0.2, 0.25) is 0 Å². The molecule has 1 saturated carbocycles. The third kappa shape index (κ3) is 4.59. The molecule has 1 aliphatic carbocycles. The highest BCUT2D eigenvalue weighted by Gasteiger charge is 2.21. The number of nitrogens with one attached hydrogen (secondary N) is 2. The zero-order chi connectivity index (χ0) is 13.2. The molecule has 2 rings (SSSR count). The summed E-state index contributed by atoms with van der Waals surface area (Å²) in [7, 11) is -3.27. The molecule has 1 aliphatic rings. The number of benzene rings is 1. The van der Waals surface area contributed by atoms with E-state index in [2.05, 4.69) is 26.0 Å². The Bertz CT molecular complexity index is 507. The molecule has 0 amide bonds. The molecule has 0 atom stereocenters. The van der Waals surface area contributed by atoms with Crippen LogP contribution in [0, 0.1) is 6.92 Å². The molecule has 1 aromatic carbocycles. The predicted octanol–water partition coefficient (Wildman–Crippen LogP) is 2.25. The van der Waals surface area contributed by atoms with Crippen molar-refractivity contribution in [2.24, 2.45) is 0 Å². The molecule has 0 spiro atoms. The minimum Gasteiger partial charge on any atom is -0.313 e. The lowest BCUT2D eigenvalue weighted by Crippen LogP contribution is -2.28. The quantitative estimate of drug-likeness (QED) is 0.840. The second-order valence-corrected chi connectivity index (χ2v) is 7.42. The maximum atomic E-state index is 11.9. The van der Waals surface area contributed by atoms with Crippen LogP contribution in [0.4, 0.5) is 5.69 Å². The van der Waals surface area contributed by atoms with Crippen LogP contribution in [0.1, 0.15) is 18.4 Å². The average molecular weight is 333 g/mol. The largest absolute Gasteiger partial charge is 0.313 e. The molecule has 1 aromatic rings. The molecule has 6 heteroatoms. The summed E-state index contributed by atoms with van der Waals surface area (Å²) in [5.41, 5.74) is 1.62. The number of sulfonamides is 1. The molecular formula is C12H17BrN2O2S. The van der Waals surface area contributed by atoms with Crippen molar-refractivity contribution < 1.29 is 8.42 Å². The molecule has 0 aromatic heterocycles. The SMILES string of the molecule is Cc1cc(Br)cc(NS(=O)(=O)CCNC2CC2)c1. The van der Waals surface area contributed by atoms with Crippen molar-refractivity contribution in [3.63, 3.8) is 0 Å². The van der Waals surface area contributed by atoms with Gasteiger partial charge in [-0.3, -0.25) is 4.72 Å². The lowest BCUT2D eigenvalue weighted by molar-refractivity contribution is 0.595. The normalized spacial score (nSPS) is 15.7. The molecule has 1 fully saturated rings. The summed E-state index contributed by atoms with van der Waals surface area (Å²) in [5.74, 6) is 0.106. The maximum absolute atomic E-state index is 11.9. The smallest absolute Gasteiger partial charge is 0.233 e. The molecule has 2 N–H and O–H groups in total. The summed E-state index contributed by atoms with van der Waals surface area (Å²) in [6.45, 7) is 2.43. The van der Waals surface area contributed by atoms with Crippen molar-refractivity contribution in [1.29, 1.82) is 0 Å². The summed E-state index contributed by atoms with van der Waals surface area (Å²) >= 11 is 3.35. The molecule has 0 saturated heterocycles. The number of hydrogen-bond donors (Lipinski definition) is 2. The molecule has 0 heterocycles. The lowest BCUT2D eigenvalue weighted by Gasteiger charge is -2.09. The van der Waals surface area contributed by atoms with Gasteiger partial charge >= 0.3 is 0 Å². The Balaban J connectivity index is 1.92. The fraction of sp³-hybridized carbons (Fsp3) is 0.500. The summed E-state index contributed by atoms with van der Waals surface area (Å²) in [6, 6.07) is 6.05. The number of rotatable bonds is 6. The van der Waals surface area contributed by atoms with E-state index in [1.165, 1.54) is 0 Å². The van der Waals surface area contributed by atoms with E-state index in [4.69, 9.17) is 0 Å². The van der Waals surface area contributed by atoms with Gasteiger partial charge in [-0.2, -0.15) is 0 Å². The van der Waals surface area contributed by atoms with Gasteiger partial charge in [0.1, 0.15) is 0 Å². The molecule has 4 nitrogen and oxygen atoms in total. The number of anilines is 1. The monoisotopic (exact) mass is 332 g/mol. The first-order chi connectivity index (χ1) is 8.44. The molecule has 0 radical (unpaired) electrons. The average Bonchev–Trinajstić information content (AvgIpc) is 2.98. The zero-order valence-corrected chi connectivity index (χ0v) is 12.6. The minimum absolute atomic E-state index is 0.106. The summed E-state index contributed by atoms with van der Waals surface area (Å²) in [5, 5.41) is 3.19. The first-order valence-electron chi connectivity index (χ1n) is 5.96. The summed E-state index contributed by atoms with van der Waals surface area (Å²) in [4.78, 5) is 0. The van der Waals surface area contributed by atoms with E-state index < -0.39 is 10.0 Å². The van der Waals surface area contributed by atoms with Crippen molar-refractivity contribution >= 4 is 31.6 Å². The molecule has 18 heavy (non-hydrogen) atoms. The van der Waals surface area contributed by atoms with Crippen LogP contribution in [-0.4, -0.2) is 26.8 Å². The standard InChI is InChI=1S/C12H17BrN2O2S/c1-9-6-10(13)8-12(7-9)15-18(16,17)5-4-14-11-2-3-11/h6-8,11,14-15H,2-5H2,1H3. The van der Waals surface area contributed by atoms with Crippen LogP contribution in [0.5, 0.6) is 0 Å². The Labute approximate surface area is 116 Å². The Morgan fingerprint density at radius 1 is 1.33 bits per heavy atom. The van der Waals surface area contributed by atoms with Gasteiger partial charge in [0, 0.05) is 22.7 Å². The lowest BCUT2D eigenvalue weighted by atomic mass is 10.2. The van der Waals surface area contributed by atoms with E-state index in [1.807, 2.05) is 19.1 Å². The number of halogens is 1. The van der Waals surface area contributed by atoms with Gasteiger partial charge < -0.3 is 5.32 Å². The van der Waals surface area contributed by atoms with Crippen LogP contribution in [0.3, 0.4) is 0 Å². The first-order valence-corrected chi connectivity index (χ1v) is 8.40. The topological polar surface area (TPSA) is 58.2 Å². The molecule has 100 valence electrons. The summed E-state index contributed by atoms with van der Waals surface area (Å²) < 4.78 is 27.2. The van der Waals surface area contributed by atoms with Crippen molar-refractivity contribution in [3.05, 3.63) is 28.2 Å². The fourth-order valence-electron chi connectivity index (χ4n) is 1.71. The van der Waals surface area contributed by atoms with E-state index in [-0.39, 0.29) is 5.75 Å². The van der Waals surface area contributed by atoms with Crippen molar-refractivity contribution in [2.75, 3.05) is 17.0 Å². The predicted molar refractivity (Wildman–Crippen MR) is 77.3 cm³/mol. The van der Waals surface area contributed by atoms with Gasteiger partial charge in [-0.15, -0.1) is 0 Å². The van der Waals surface area contributed by atoms with Gasteiger partial charge in [-0.05, 0) is 43.5 Å².